The Morgan fingerprint density at radius 3 is 1.19 bits per heavy atom. The molecule has 0 atom stereocenters. The van der Waals surface area contributed by atoms with E-state index in [1.54, 1.807) is 0 Å². The first-order valence-electron chi connectivity index (χ1n) is 5.65. The van der Waals surface area contributed by atoms with E-state index in [0.717, 1.165) is 0 Å². The fraction of sp³-hybridized carbons (Fsp3) is 0.125. The van der Waals surface area contributed by atoms with Gasteiger partial charge in [-0.3, -0.25) is 0 Å². The summed E-state index contributed by atoms with van der Waals surface area (Å²) >= 11 is 0. The van der Waals surface area contributed by atoms with Crippen molar-refractivity contribution < 1.29 is 0 Å². The molecule has 0 heteroatoms. The number of aryl methyl sites for hydroxylation is 2. The maximum absolute atomic E-state index is 2.21. The Balaban J connectivity index is 2.69. The van der Waals surface area contributed by atoms with Crippen LogP contribution in [0.1, 0.15) is 11.1 Å². The highest BCUT2D eigenvalue weighted by atomic mass is 14.1. The first-order chi connectivity index (χ1) is 7.79. The lowest BCUT2D eigenvalue weighted by Crippen LogP contribution is -1.87. The van der Waals surface area contributed by atoms with Crippen molar-refractivity contribution in [2.75, 3.05) is 0 Å². The molecule has 3 aromatic rings. The van der Waals surface area contributed by atoms with Gasteiger partial charge < -0.3 is 0 Å². The van der Waals surface area contributed by atoms with Crippen molar-refractivity contribution in [3.8, 4) is 0 Å². The van der Waals surface area contributed by atoms with Crippen LogP contribution in [-0.4, -0.2) is 0 Å². The van der Waals surface area contributed by atoms with Crippen molar-refractivity contribution in [1.29, 1.82) is 0 Å². The van der Waals surface area contributed by atoms with Crippen LogP contribution in [0, 0.1) is 13.8 Å². The van der Waals surface area contributed by atoms with Gasteiger partial charge in [-0.2, -0.15) is 0 Å². The molecule has 0 spiro atoms. The summed E-state index contributed by atoms with van der Waals surface area (Å²) in [5.74, 6) is 0. The van der Waals surface area contributed by atoms with Crippen LogP contribution in [0.5, 0.6) is 0 Å². The van der Waals surface area contributed by atoms with E-state index in [4.69, 9.17) is 0 Å². The van der Waals surface area contributed by atoms with Crippen molar-refractivity contribution in [2.24, 2.45) is 0 Å². The molecule has 3 rings (SSSR count). The van der Waals surface area contributed by atoms with Gasteiger partial charge in [0.2, 0.25) is 0 Å². The lowest BCUT2D eigenvalue weighted by atomic mass is 9.93. The number of fused-ring (bicyclic) bond motifs is 3. The number of hydrogen-bond donors (Lipinski definition) is 0. The monoisotopic (exact) mass is 206 g/mol. The third-order valence-electron chi connectivity index (χ3n) is 3.51. The molecule has 0 radical (unpaired) electrons. The zero-order valence-electron chi connectivity index (χ0n) is 9.62. The fourth-order valence-electron chi connectivity index (χ4n) is 2.49. The smallest absolute Gasteiger partial charge is 0.0103 e. The van der Waals surface area contributed by atoms with Crippen LogP contribution < -0.4 is 0 Å². The van der Waals surface area contributed by atoms with Gasteiger partial charge in [0, 0.05) is 0 Å². The summed E-state index contributed by atoms with van der Waals surface area (Å²) in [7, 11) is 0. The molecular weight excluding hydrogens is 192 g/mol. The Hall–Kier alpha value is -1.82. The van der Waals surface area contributed by atoms with E-state index in [2.05, 4.69) is 62.4 Å². The molecule has 0 saturated carbocycles. The molecule has 0 N–H and O–H groups in total. The van der Waals surface area contributed by atoms with Crippen LogP contribution in [0.3, 0.4) is 0 Å². The highest BCUT2D eigenvalue weighted by molar-refractivity contribution is 6.10. The molecule has 0 fully saturated rings. The second-order valence-electron chi connectivity index (χ2n) is 4.34. The summed E-state index contributed by atoms with van der Waals surface area (Å²) < 4.78 is 0. The summed E-state index contributed by atoms with van der Waals surface area (Å²) in [6, 6.07) is 17.3. The lowest BCUT2D eigenvalue weighted by Gasteiger charge is -2.11. The molecule has 16 heavy (non-hydrogen) atoms. The summed E-state index contributed by atoms with van der Waals surface area (Å²) in [5.41, 5.74) is 2.80. The summed E-state index contributed by atoms with van der Waals surface area (Å²) in [6.45, 7) is 4.42. The molecule has 0 aliphatic heterocycles. The van der Waals surface area contributed by atoms with Gasteiger partial charge in [-0.05, 0) is 46.5 Å². The Labute approximate surface area is 95.5 Å². The van der Waals surface area contributed by atoms with E-state index >= 15 is 0 Å². The summed E-state index contributed by atoms with van der Waals surface area (Å²) in [4.78, 5) is 0. The van der Waals surface area contributed by atoms with E-state index in [1.165, 1.54) is 32.7 Å². The van der Waals surface area contributed by atoms with E-state index in [-0.39, 0.29) is 0 Å². The van der Waals surface area contributed by atoms with Crippen molar-refractivity contribution in [3.05, 3.63) is 59.7 Å². The first kappa shape index (κ1) is 9.41. The fourth-order valence-corrected chi connectivity index (χ4v) is 2.49. The third kappa shape index (κ3) is 1.16. The van der Waals surface area contributed by atoms with E-state index in [9.17, 15) is 0 Å². The van der Waals surface area contributed by atoms with Crippen LogP contribution in [-0.2, 0) is 0 Å². The molecule has 0 saturated heterocycles. The average Bonchev–Trinajstić information content (AvgIpc) is 2.36. The van der Waals surface area contributed by atoms with Gasteiger partial charge in [0.05, 0.1) is 0 Å². The van der Waals surface area contributed by atoms with Crippen LogP contribution in [0.2, 0.25) is 0 Å². The quantitative estimate of drug-likeness (QED) is 0.471. The lowest BCUT2D eigenvalue weighted by molar-refractivity contribution is 1.41. The molecule has 78 valence electrons. The molecule has 0 aliphatic carbocycles. The average molecular weight is 206 g/mol. The third-order valence-corrected chi connectivity index (χ3v) is 3.51. The van der Waals surface area contributed by atoms with Crippen molar-refractivity contribution in [1.82, 2.24) is 0 Å². The minimum Gasteiger partial charge on any atom is -0.0616 e. The van der Waals surface area contributed by atoms with Crippen molar-refractivity contribution >= 4 is 21.5 Å². The maximum atomic E-state index is 2.21. The van der Waals surface area contributed by atoms with Gasteiger partial charge >= 0.3 is 0 Å². The highest BCUT2D eigenvalue weighted by Crippen LogP contribution is 2.31. The predicted molar refractivity (Wildman–Crippen MR) is 70.9 cm³/mol. The Kier molecular flexibility index (Phi) is 1.97. The second kappa shape index (κ2) is 3.34. The SMILES string of the molecule is Cc1c(C)c2ccccc2c2ccccc12. The molecule has 0 heterocycles. The Morgan fingerprint density at radius 2 is 0.812 bits per heavy atom. The van der Waals surface area contributed by atoms with Gasteiger partial charge in [-0.1, -0.05) is 48.5 Å². The Morgan fingerprint density at radius 1 is 0.500 bits per heavy atom. The van der Waals surface area contributed by atoms with Gasteiger partial charge in [0.1, 0.15) is 0 Å². The number of benzene rings is 3. The normalized spacial score (nSPS) is 11.1. The minimum atomic E-state index is 1.36. The largest absolute Gasteiger partial charge is 0.0616 e. The predicted octanol–water partition coefficient (Wildman–Crippen LogP) is 4.61. The van der Waals surface area contributed by atoms with Crippen LogP contribution in [0.25, 0.3) is 21.5 Å². The molecule has 3 aromatic carbocycles. The number of rotatable bonds is 0. The summed E-state index contributed by atoms with van der Waals surface area (Å²) in [6.07, 6.45) is 0. The van der Waals surface area contributed by atoms with E-state index in [1.807, 2.05) is 0 Å². The van der Waals surface area contributed by atoms with Crippen molar-refractivity contribution in [2.45, 2.75) is 13.8 Å². The van der Waals surface area contributed by atoms with E-state index in [0.29, 0.717) is 0 Å². The zero-order chi connectivity index (χ0) is 11.1. The van der Waals surface area contributed by atoms with E-state index < -0.39 is 0 Å². The molecule has 0 bridgehead atoms. The van der Waals surface area contributed by atoms with Gasteiger partial charge in [0.25, 0.3) is 0 Å². The van der Waals surface area contributed by atoms with Crippen LogP contribution in [0.15, 0.2) is 48.5 Å². The van der Waals surface area contributed by atoms with Crippen LogP contribution in [0.4, 0.5) is 0 Å². The molecule has 0 aliphatic rings. The zero-order valence-corrected chi connectivity index (χ0v) is 9.62. The number of hydrogen-bond acceptors (Lipinski definition) is 0. The maximum Gasteiger partial charge on any atom is -0.0103 e. The molecule has 0 aromatic heterocycles. The van der Waals surface area contributed by atoms with Crippen LogP contribution >= 0.6 is 0 Å². The molecule has 0 unspecified atom stereocenters. The standard InChI is InChI=1S/C16H14/c1-11-12(2)14-8-4-6-10-16(14)15-9-5-3-7-13(11)15/h3-10H,1-2H3. The van der Waals surface area contributed by atoms with Gasteiger partial charge in [-0.15, -0.1) is 0 Å². The summed E-state index contributed by atoms with van der Waals surface area (Å²) in [5, 5.41) is 5.47. The topological polar surface area (TPSA) is 0 Å². The highest BCUT2D eigenvalue weighted by Gasteiger charge is 2.06. The van der Waals surface area contributed by atoms with Gasteiger partial charge in [0.15, 0.2) is 0 Å². The van der Waals surface area contributed by atoms with Gasteiger partial charge in [-0.25, -0.2) is 0 Å². The minimum absolute atomic E-state index is 1.36. The molecule has 0 nitrogen and oxygen atoms in total. The second-order valence-corrected chi connectivity index (χ2v) is 4.34. The Bertz CT molecular complexity index is 617. The molecule has 0 amide bonds. The van der Waals surface area contributed by atoms with Crippen molar-refractivity contribution in [3.63, 3.8) is 0 Å². The first-order valence-corrected chi connectivity index (χ1v) is 5.65. The molecular formula is C16H14.